The molecule has 2 aromatic rings. The van der Waals surface area contributed by atoms with Gasteiger partial charge in [0.25, 0.3) is 5.69 Å². The molecule has 0 heterocycles. The van der Waals surface area contributed by atoms with Gasteiger partial charge in [-0.05, 0) is 42.3 Å². The summed E-state index contributed by atoms with van der Waals surface area (Å²) in [7, 11) is 1.68. The number of amides is 1. The van der Waals surface area contributed by atoms with Crippen LogP contribution in [-0.2, 0) is 4.79 Å². The van der Waals surface area contributed by atoms with Crippen molar-refractivity contribution in [1.29, 1.82) is 0 Å². The van der Waals surface area contributed by atoms with Crippen molar-refractivity contribution < 1.29 is 14.5 Å². The van der Waals surface area contributed by atoms with Crippen molar-refractivity contribution in [3.63, 3.8) is 0 Å². The monoisotopic (exact) mass is 312 g/mol. The van der Waals surface area contributed by atoms with Gasteiger partial charge in [0.1, 0.15) is 0 Å². The lowest BCUT2D eigenvalue weighted by atomic mass is 10.00. The third kappa shape index (κ3) is 3.42. The molecule has 6 nitrogen and oxygen atoms in total. The fraction of sp³-hybridized carbons (Fsp3) is 0.176. The second-order valence-electron chi connectivity index (χ2n) is 5.17. The zero-order valence-electron chi connectivity index (χ0n) is 13.1. The third-order valence-corrected chi connectivity index (χ3v) is 3.63. The van der Waals surface area contributed by atoms with Gasteiger partial charge in [0.15, 0.2) is 5.78 Å². The van der Waals surface area contributed by atoms with Crippen LogP contribution in [-0.4, -0.2) is 23.7 Å². The molecule has 0 unspecified atom stereocenters. The van der Waals surface area contributed by atoms with Gasteiger partial charge < -0.3 is 4.90 Å². The van der Waals surface area contributed by atoms with Crippen molar-refractivity contribution in [3.05, 3.63) is 58.1 Å². The number of benzene rings is 2. The lowest BCUT2D eigenvalue weighted by Gasteiger charge is -2.15. The molecule has 0 atom stereocenters. The van der Waals surface area contributed by atoms with Crippen molar-refractivity contribution in [2.45, 2.75) is 13.8 Å². The Morgan fingerprint density at radius 3 is 2.04 bits per heavy atom. The molecule has 118 valence electrons. The van der Waals surface area contributed by atoms with Gasteiger partial charge in [-0.1, -0.05) is 12.1 Å². The van der Waals surface area contributed by atoms with Crippen molar-refractivity contribution in [3.8, 4) is 11.1 Å². The maximum Gasteiger partial charge on any atom is 0.280 e. The quantitative estimate of drug-likeness (QED) is 0.492. The summed E-state index contributed by atoms with van der Waals surface area (Å²) in [6.07, 6.45) is 0. The van der Waals surface area contributed by atoms with Crippen molar-refractivity contribution >= 4 is 23.1 Å². The molecule has 0 radical (unpaired) electrons. The number of anilines is 1. The van der Waals surface area contributed by atoms with Gasteiger partial charge in [-0.25, -0.2) is 0 Å². The minimum absolute atomic E-state index is 0.0769. The predicted octanol–water partition coefficient (Wildman–Crippen LogP) is 3.45. The van der Waals surface area contributed by atoms with Gasteiger partial charge in [0.2, 0.25) is 5.91 Å². The number of hydrogen-bond donors (Lipinski definition) is 0. The summed E-state index contributed by atoms with van der Waals surface area (Å²) in [5.74, 6) is -0.432. The molecule has 23 heavy (non-hydrogen) atoms. The first-order valence-corrected chi connectivity index (χ1v) is 6.95. The molecule has 0 aliphatic carbocycles. The summed E-state index contributed by atoms with van der Waals surface area (Å²) in [6, 6.07) is 11.6. The van der Waals surface area contributed by atoms with Gasteiger partial charge in [0.05, 0.1) is 10.5 Å². The van der Waals surface area contributed by atoms with Crippen LogP contribution in [0, 0.1) is 10.1 Å². The highest BCUT2D eigenvalue weighted by Crippen LogP contribution is 2.28. The van der Waals surface area contributed by atoms with E-state index in [0.29, 0.717) is 5.56 Å². The van der Waals surface area contributed by atoms with Crippen LogP contribution in [0.2, 0.25) is 0 Å². The topological polar surface area (TPSA) is 80.5 Å². The largest absolute Gasteiger partial charge is 0.316 e. The first-order chi connectivity index (χ1) is 10.8. The van der Waals surface area contributed by atoms with E-state index >= 15 is 0 Å². The van der Waals surface area contributed by atoms with E-state index in [-0.39, 0.29) is 22.9 Å². The summed E-state index contributed by atoms with van der Waals surface area (Å²) in [5, 5.41) is 11.0. The second-order valence-corrected chi connectivity index (χ2v) is 5.17. The highest BCUT2D eigenvalue weighted by Gasteiger charge is 2.18. The van der Waals surface area contributed by atoms with Gasteiger partial charge >= 0.3 is 0 Å². The van der Waals surface area contributed by atoms with Gasteiger partial charge in [-0.15, -0.1) is 0 Å². The first-order valence-electron chi connectivity index (χ1n) is 6.95. The minimum atomic E-state index is -0.564. The van der Waals surface area contributed by atoms with Crippen LogP contribution in [0.3, 0.4) is 0 Å². The van der Waals surface area contributed by atoms with E-state index in [0.717, 1.165) is 11.3 Å². The van der Waals surface area contributed by atoms with E-state index < -0.39 is 4.92 Å². The maximum atomic E-state index is 11.6. The molecule has 0 aliphatic heterocycles. The molecule has 0 saturated heterocycles. The number of hydrogen-bond acceptors (Lipinski definition) is 4. The van der Waals surface area contributed by atoms with E-state index in [4.69, 9.17) is 0 Å². The van der Waals surface area contributed by atoms with Crippen LogP contribution in [0.4, 0.5) is 11.4 Å². The normalized spacial score (nSPS) is 10.2. The summed E-state index contributed by atoms with van der Waals surface area (Å²) in [6.45, 7) is 2.78. The molecule has 1 amide bonds. The van der Waals surface area contributed by atoms with E-state index in [1.54, 1.807) is 37.4 Å². The number of nitro benzene ring substituents is 1. The zero-order valence-corrected chi connectivity index (χ0v) is 13.1. The lowest BCUT2D eigenvalue weighted by Crippen LogP contribution is -2.22. The molecule has 2 aromatic carbocycles. The van der Waals surface area contributed by atoms with E-state index in [1.165, 1.54) is 30.9 Å². The Hall–Kier alpha value is -3.02. The van der Waals surface area contributed by atoms with Gasteiger partial charge in [-0.2, -0.15) is 0 Å². The molecule has 0 aromatic heterocycles. The van der Waals surface area contributed by atoms with E-state index in [9.17, 15) is 19.7 Å². The summed E-state index contributed by atoms with van der Waals surface area (Å²) >= 11 is 0. The zero-order chi connectivity index (χ0) is 17.1. The Balaban J connectivity index is 2.43. The Labute approximate surface area is 133 Å². The van der Waals surface area contributed by atoms with Crippen LogP contribution in [0.25, 0.3) is 11.1 Å². The third-order valence-electron chi connectivity index (χ3n) is 3.63. The molecule has 2 rings (SSSR count). The van der Waals surface area contributed by atoms with Crippen LogP contribution in [0.5, 0.6) is 0 Å². The Kier molecular flexibility index (Phi) is 4.55. The molecule has 0 spiro atoms. The molecular formula is C17H16N2O4. The number of rotatable bonds is 4. The molecular weight excluding hydrogens is 296 g/mol. The Bertz CT molecular complexity index is 782. The van der Waals surface area contributed by atoms with Crippen molar-refractivity contribution in [2.24, 2.45) is 0 Å². The van der Waals surface area contributed by atoms with E-state index in [1.807, 2.05) is 0 Å². The molecule has 6 heteroatoms. The summed E-state index contributed by atoms with van der Waals surface area (Å²) < 4.78 is 0. The fourth-order valence-corrected chi connectivity index (χ4v) is 2.22. The first kappa shape index (κ1) is 16.4. The predicted molar refractivity (Wildman–Crippen MR) is 87.6 cm³/mol. The second kappa shape index (κ2) is 6.39. The smallest absolute Gasteiger partial charge is 0.280 e. The maximum absolute atomic E-state index is 11.6. The van der Waals surface area contributed by atoms with Crippen molar-refractivity contribution in [1.82, 2.24) is 0 Å². The number of Topliss-reactive ketones (excluding diaryl/α,β-unsaturated/α-hetero) is 1. The SMILES string of the molecule is CC(=O)c1cc(-c2ccc(N(C)C(C)=O)cc2)ccc1[N+](=O)[O-]. The average molecular weight is 312 g/mol. The number of carbonyl (C=O) groups is 2. The van der Waals surface area contributed by atoms with Crippen LogP contribution in [0.15, 0.2) is 42.5 Å². The molecule has 0 saturated carbocycles. The standard InChI is InChI=1S/C17H16N2O4/c1-11(20)16-10-14(6-9-17(16)19(22)23)13-4-7-15(8-5-13)18(3)12(2)21/h4-10H,1-3H3. The highest BCUT2D eigenvalue weighted by molar-refractivity contribution is 5.99. The summed E-state index contributed by atoms with van der Waals surface area (Å²) in [4.78, 5) is 34.9. The van der Waals surface area contributed by atoms with Crippen LogP contribution in [0.1, 0.15) is 24.2 Å². The number of carbonyl (C=O) groups excluding carboxylic acids is 2. The minimum Gasteiger partial charge on any atom is -0.316 e. The molecule has 0 aliphatic rings. The molecule has 0 fully saturated rings. The Morgan fingerprint density at radius 2 is 1.57 bits per heavy atom. The highest BCUT2D eigenvalue weighted by atomic mass is 16.6. The van der Waals surface area contributed by atoms with Gasteiger partial charge in [0, 0.05) is 25.7 Å². The average Bonchev–Trinajstić information content (AvgIpc) is 2.53. The fourth-order valence-electron chi connectivity index (χ4n) is 2.22. The van der Waals surface area contributed by atoms with Crippen LogP contribution < -0.4 is 4.90 Å². The lowest BCUT2D eigenvalue weighted by molar-refractivity contribution is -0.385. The Morgan fingerprint density at radius 1 is 1.00 bits per heavy atom. The summed E-state index contributed by atoms with van der Waals surface area (Å²) in [5.41, 5.74) is 2.14. The van der Waals surface area contributed by atoms with Gasteiger partial charge in [-0.3, -0.25) is 19.7 Å². The van der Waals surface area contributed by atoms with Crippen LogP contribution >= 0.6 is 0 Å². The number of nitro groups is 1. The molecule has 0 N–H and O–H groups in total. The van der Waals surface area contributed by atoms with E-state index in [2.05, 4.69) is 0 Å². The molecule has 0 bridgehead atoms. The van der Waals surface area contributed by atoms with Crippen molar-refractivity contribution in [2.75, 3.05) is 11.9 Å². The number of ketones is 1. The number of nitrogens with zero attached hydrogens (tertiary/aromatic N) is 2.